The highest BCUT2D eigenvalue weighted by Crippen LogP contribution is 2.15. The van der Waals surface area contributed by atoms with E-state index in [9.17, 15) is 14.4 Å². The topological polar surface area (TPSA) is 75.3 Å². The van der Waals surface area contributed by atoms with Gasteiger partial charge in [-0.05, 0) is 35.0 Å². The van der Waals surface area contributed by atoms with E-state index in [2.05, 4.69) is 26.6 Å². The molecular weight excluding hydrogens is 396 g/mol. The molecule has 5 nitrogen and oxygen atoms in total. The van der Waals surface area contributed by atoms with Crippen LogP contribution in [0.3, 0.4) is 0 Å². The lowest BCUT2D eigenvalue weighted by Crippen LogP contribution is -2.34. The van der Waals surface area contributed by atoms with Crippen LogP contribution in [0.5, 0.6) is 0 Å². The molecule has 2 rings (SSSR count). The molecule has 2 amide bonds. The van der Waals surface area contributed by atoms with Crippen LogP contribution in [0.2, 0.25) is 0 Å². The van der Waals surface area contributed by atoms with Gasteiger partial charge in [-0.15, -0.1) is 0 Å². The van der Waals surface area contributed by atoms with Crippen LogP contribution in [0.25, 0.3) is 0 Å². The molecule has 0 aromatic heterocycles. The summed E-state index contributed by atoms with van der Waals surface area (Å²) in [7, 11) is 0. The summed E-state index contributed by atoms with van der Waals surface area (Å²) < 4.78 is 0.719. The molecule has 2 N–H and O–H groups in total. The Kier molecular flexibility index (Phi) is 7.53. The third-order valence-electron chi connectivity index (χ3n) is 3.80. The lowest BCUT2D eigenvalue weighted by Gasteiger charge is -2.08. The maximum atomic E-state index is 12.0. The first-order valence-corrected chi connectivity index (χ1v) is 9.16. The first-order chi connectivity index (χ1) is 12.5. The minimum Gasteiger partial charge on any atom is -0.354 e. The lowest BCUT2D eigenvalue weighted by molar-refractivity contribution is -0.121. The zero-order chi connectivity index (χ0) is 18.9. The normalized spacial score (nSPS) is 10.2. The van der Waals surface area contributed by atoms with Crippen LogP contribution in [0, 0.1) is 6.92 Å². The van der Waals surface area contributed by atoms with E-state index in [1.54, 1.807) is 30.3 Å². The molecule has 0 saturated heterocycles. The number of hydrogen-bond donors (Lipinski definition) is 2. The van der Waals surface area contributed by atoms with Gasteiger partial charge in [0, 0.05) is 36.0 Å². The lowest BCUT2D eigenvalue weighted by atomic mass is 10.1. The first kappa shape index (κ1) is 19.8. The number of hydrogen-bond acceptors (Lipinski definition) is 3. The summed E-state index contributed by atoms with van der Waals surface area (Å²) in [6.07, 6.45) is 0.295. The van der Waals surface area contributed by atoms with Gasteiger partial charge in [-0.25, -0.2) is 0 Å². The van der Waals surface area contributed by atoms with Gasteiger partial charge in [0.15, 0.2) is 5.78 Å². The molecule has 0 heterocycles. The molecular formula is C20H21BrN2O3. The van der Waals surface area contributed by atoms with Crippen molar-refractivity contribution in [2.45, 2.75) is 19.8 Å². The summed E-state index contributed by atoms with van der Waals surface area (Å²) in [5.41, 5.74) is 2.25. The molecule has 0 atom stereocenters. The SMILES string of the molecule is Cc1ccc(C(=O)CCC(=O)NCCNC(=O)c2ccccc2Br)cc1. The summed E-state index contributed by atoms with van der Waals surface area (Å²) >= 11 is 3.32. The number of ketones is 1. The van der Waals surface area contributed by atoms with Crippen LogP contribution in [0.4, 0.5) is 0 Å². The number of carbonyl (C=O) groups excluding carboxylic acids is 3. The van der Waals surface area contributed by atoms with Crippen LogP contribution >= 0.6 is 15.9 Å². The van der Waals surface area contributed by atoms with Crippen LogP contribution in [0.15, 0.2) is 53.0 Å². The summed E-state index contributed by atoms with van der Waals surface area (Å²) in [5.74, 6) is -0.468. The Morgan fingerprint density at radius 2 is 1.54 bits per heavy atom. The van der Waals surface area contributed by atoms with Crippen molar-refractivity contribution in [3.8, 4) is 0 Å². The second-order valence-corrected chi connectivity index (χ2v) is 6.73. The molecule has 0 bridgehead atoms. The van der Waals surface area contributed by atoms with Crippen LogP contribution in [-0.2, 0) is 4.79 Å². The van der Waals surface area contributed by atoms with Crippen molar-refractivity contribution in [1.29, 1.82) is 0 Å². The summed E-state index contributed by atoms with van der Waals surface area (Å²) in [5, 5.41) is 5.44. The predicted molar refractivity (Wildman–Crippen MR) is 104 cm³/mol. The molecule has 0 aliphatic rings. The van der Waals surface area contributed by atoms with E-state index in [0.717, 1.165) is 10.0 Å². The van der Waals surface area contributed by atoms with Gasteiger partial charge >= 0.3 is 0 Å². The first-order valence-electron chi connectivity index (χ1n) is 8.36. The van der Waals surface area contributed by atoms with Crippen molar-refractivity contribution in [2.24, 2.45) is 0 Å². The Balaban J connectivity index is 1.66. The highest BCUT2D eigenvalue weighted by molar-refractivity contribution is 9.10. The van der Waals surface area contributed by atoms with E-state index in [1.807, 2.05) is 25.1 Å². The van der Waals surface area contributed by atoms with Gasteiger partial charge in [0.05, 0.1) is 5.56 Å². The standard InChI is InChI=1S/C20H21BrN2O3/c1-14-6-8-15(9-7-14)18(24)10-11-19(25)22-12-13-23-20(26)16-4-2-3-5-17(16)21/h2-9H,10-13H2,1H3,(H,22,25)(H,23,26). The molecule has 0 unspecified atom stereocenters. The minimum atomic E-state index is -0.208. The Bertz CT molecular complexity index is 788. The van der Waals surface area contributed by atoms with Crippen LogP contribution in [0.1, 0.15) is 39.1 Å². The molecule has 26 heavy (non-hydrogen) atoms. The number of aryl methyl sites for hydroxylation is 1. The Morgan fingerprint density at radius 1 is 0.885 bits per heavy atom. The molecule has 0 fully saturated rings. The fourth-order valence-electron chi connectivity index (χ4n) is 2.32. The van der Waals surface area contributed by atoms with Gasteiger partial charge in [-0.1, -0.05) is 42.0 Å². The highest BCUT2D eigenvalue weighted by atomic mass is 79.9. The Hall–Kier alpha value is -2.47. The van der Waals surface area contributed by atoms with Crippen molar-refractivity contribution >= 4 is 33.5 Å². The maximum absolute atomic E-state index is 12.0. The number of carbonyl (C=O) groups is 3. The number of amides is 2. The molecule has 136 valence electrons. The minimum absolute atomic E-state index is 0.0534. The smallest absolute Gasteiger partial charge is 0.252 e. The van der Waals surface area contributed by atoms with Crippen molar-refractivity contribution in [3.05, 3.63) is 69.7 Å². The predicted octanol–water partition coefficient (Wildman–Crippen LogP) is 3.27. The Labute approximate surface area is 161 Å². The molecule has 2 aromatic carbocycles. The van der Waals surface area contributed by atoms with Gasteiger partial charge in [0.25, 0.3) is 5.91 Å². The average Bonchev–Trinajstić information content (AvgIpc) is 2.64. The quantitative estimate of drug-likeness (QED) is 0.512. The second kappa shape index (κ2) is 9.87. The molecule has 0 aliphatic carbocycles. The molecule has 0 aliphatic heterocycles. The maximum Gasteiger partial charge on any atom is 0.252 e. The third-order valence-corrected chi connectivity index (χ3v) is 4.50. The molecule has 0 saturated carbocycles. The number of halogens is 1. The van der Waals surface area contributed by atoms with Gasteiger partial charge in [-0.2, -0.15) is 0 Å². The van der Waals surface area contributed by atoms with Crippen molar-refractivity contribution in [3.63, 3.8) is 0 Å². The van der Waals surface area contributed by atoms with E-state index in [1.165, 1.54) is 0 Å². The molecule has 2 aromatic rings. The van der Waals surface area contributed by atoms with E-state index < -0.39 is 0 Å². The summed E-state index contributed by atoms with van der Waals surface area (Å²) in [6.45, 7) is 2.59. The third kappa shape index (κ3) is 6.11. The largest absolute Gasteiger partial charge is 0.354 e. The second-order valence-electron chi connectivity index (χ2n) is 5.87. The van der Waals surface area contributed by atoms with Gasteiger partial charge in [-0.3, -0.25) is 14.4 Å². The number of nitrogens with one attached hydrogen (secondary N) is 2. The monoisotopic (exact) mass is 416 g/mol. The highest BCUT2D eigenvalue weighted by Gasteiger charge is 2.10. The van der Waals surface area contributed by atoms with E-state index in [4.69, 9.17) is 0 Å². The fraction of sp³-hybridized carbons (Fsp3) is 0.250. The van der Waals surface area contributed by atoms with Crippen LogP contribution in [-0.4, -0.2) is 30.7 Å². The molecule has 0 radical (unpaired) electrons. The van der Waals surface area contributed by atoms with Gasteiger partial charge in [0.1, 0.15) is 0 Å². The van der Waals surface area contributed by atoms with Gasteiger partial charge in [0.2, 0.25) is 5.91 Å². The summed E-state index contributed by atoms with van der Waals surface area (Å²) in [6, 6.07) is 14.4. The summed E-state index contributed by atoms with van der Waals surface area (Å²) in [4.78, 5) is 35.9. The number of Topliss-reactive ketones (excluding diaryl/α,β-unsaturated/α-hetero) is 1. The zero-order valence-corrected chi connectivity index (χ0v) is 16.1. The average molecular weight is 417 g/mol. The van der Waals surface area contributed by atoms with Crippen LogP contribution < -0.4 is 10.6 Å². The van der Waals surface area contributed by atoms with Crippen molar-refractivity contribution < 1.29 is 14.4 Å². The fourth-order valence-corrected chi connectivity index (χ4v) is 2.78. The van der Waals surface area contributed by atoms with Crippen molar-refractivity contribution in [2.75, 3.05) is 13.1 Å². The number of rotatable bonds is 8. The molecule has 0 spiro atoms. The van der Waals surface area contributed by atoms with E-state index in [0.29, 0.717) is 24.2 Å². The van der Waals surface area contributed by atoms with Crippen molar-refractivity contribution in [1.82, 2.24) is 10.6 Å². The molecule has 6 heteroatoms. The van der Waals surface area contributed by atoms with E-state index >= 15 is 0 Å². The zero-order valence-electron chi connectivity index (χ0n) is 14.5. The van der Waals surface area contributed by atoms with E-state index in [-0.39, 0.29) is 30.4 Å². The number of benzene rings is 2. The Morgan fingerprint density at radius 3 is 2.23 bits per heavy atom. The van der Waals surface area contributed by atoms with Gasteiger partial charge < -0.3 is 10.6 Å².